The zero-order chi connectivity index (χ0) is 8.65. The van der Waals surface area contributed by atoms with Crippen LogP contribution >= 0.6 is 0 Å². The molecule has 0 saturated carbocycles. The van der Waals surface area contributed by atoms with Crippen molar-refractivity contribution in [3.8, 4) is 0 Å². The van der Waals surface area contributed by atoms with Crippen molar-refractivity contribution in [3.05, 3.63) is 0 Å². The Morgan fingerprint density at radius 1 is 1.36 bits per heavy atom. The minimum Gasteiger partial charge on any atom is -0.390 e. The first-order valence-corrected chi connectivity index (χ1v) is 4.10. The summed E-state index contributed by atoms with van der Waals surface area (Å²) in [5, 5.41) is 9.36. The van der Waals surface area contributed by atoms with Gasteiger partial charge in [-0.25, -0.2) is 0 Å². The van der Waals surface area contributed by atoms with Crippen LogP contribution in [-0.2, 0) is 0 Å². The molecule has 0 bridgehead atoms. The molecule has 11 heavy (non-hydrogen) atoms. The van der Waals surface area contributed by atoms with Crippen LogP contribution in [0.15, 0.2) is 0 Å². The number of nitrogens with two attached hydrogens (primary N) is 1. The summed E-state index contributed by atoms with van der Waals surface area (Å²) in [5.41, 5.74) is 5.81. The van der Waals surface area contributed by atoms with Crippen molar-refractivity contribution in [2.75, 3.05) is 13.1 Å². The molecule has 0 radical (unpaired) electrons. The van der Waals surface area contributed by atoms with E-state index >= 15 is 0 Å². The summed E-state index contributed by atoms with van der Waals surface area (Å²) in [6.07, 6.45) is -0.339. The third-order valence-corrected chi connectivity index (χ3v) is 2.28. The van der Waals surface area contributed by atoms with E-state index in [1.54, 1.807) is 0 Å². The van der Waals surface area contributed by atoms with Crippen LogP contribution in [0.4, 0.5) is 0 Å². The van der Waals surface area contributed by atoms with Crippen molar-refractivity contribution in [2.24, 2.45) is 5.73 Å². The van der Waals surface area contributed by atoms with E-state index in [-0.39, 0.29) is 17.7 Å². The van der Waals surface area contributed by atoms with Crippen LogP contribution < -0.4 is 5.73 Å². The van der Waals surface area contributed by atoms with Gasteiger partial charge < -0.3 is 10.8 Å². The first kappa shape index (κ1) is 8.97. The molecule has 1 fully saturated rings. The third kappa shape index (κ3) is 1.92. The highest BCUT2D eigenvalue weighted by atomic mass is 16.3. The second-order valence-electron chi connectivity index (χ2n) is 4.31. The highest BCUT2D eigenvalue weighted by molar-refractivity contribution is 4.92. The van der Waals surface area contributed by atoms with Crippen molar-refractivity contribution >= 4 is 0 Å². The Hall–Kier alpha value is -0.120. The highest BCUT2D eigenvalue weighted by Crippen LogP contribution is 2.19. The predicted molar refractivity (Wildman–Crippen MR) is 45.3 cm³/mol. The smallest absolute Gasteiger partial charge is 0.0830 e. The average Bonchev–Trinajstić information content (AvgIpc) is 2.11. The molecule has 1 aliphatic heterocycles. The number of rotatable bonds is 0. The van der Waals surface area contributed by atoms with E-state index in [1.807, 2.05) is 0 Å². The minimum atomic E-state index is -0.339. The number of aliphatic hydroxyl groups is 1. The van der Waals surface area contributed by atoms with Crippen LogP contribution in [-0.4, -0.2) is 40.8 Å². The van der Waals surface area contributed by atoms with E-state index in [2.05, 4.69) is 25.7 Å². The maximum atomic E-state index is 9.36. The summed E-state index contributed by atoms with van der Waals surface area (Å²) in [6.45, 7) is 7.93. The van der Waals surface area contributed by atoms with Crippen molar-refractivity contribution in [2.45, 2.75) is 38.5 Å². The summed E-state index contributed by atoms with van der Waals surface area (Å²) < 4.78 is 0. The van der Waals surface area contributed by atoms with Crippen LogP contribution in [0.25, 0.3) is 0 Å². The molecule has 66 valence electrons. The predicted octanol–water partition coefficient (Wildman–Crippen LogP) is -0.211. The van der Waals surface area contributed by atoms with Gasteiger partial charge in [0.25, 0.3) is 0 Å². The second-order valence-corrected chi connectivity index (χ2v) is 4.31. The molecule has 0 aromatic heterocycles. The van der Waals surface area contributed by atoms with E-state index in [0.717, 1.165) is 6.54 Å². The first-order valence-electron chi connectivity index (χ1n) is 4.10. The fourth-order valence-electron chi connectivity index (χ4n) is 1.36. The van der Waals surface area contributed by atoms with E-state index in [4.69, 9.17) is 5.73 Å². The third-order valence-electron chi connectivity index (χ3n) is 2.28. The van der Waals surface area contributed by atoms with E-state index < -0.39 is 0 Å². The molecule has 1 saturated heterocycles. The summed E-state index contributed by atoms with van der Waals surface area (Å²) in [4.78, 5) is 2.21. The second kappa shape index (κ2) is 2.73. The van der Waals surface area contributed by atoms with E-state index in [9.17, 15) is 5.11 Å². The molecule has 0 unspecified atom stereocenters. The average molecular weight is 158 g/mol. The number of hydrogen-bond donors (Lipinski definition) is 2. The Labute approximate surface area is 68.2 Å². The molecule has 3 nitrogen and oxygen atoms in total. The molecule has 0 aromatic carbocycles. The number of β-amino-alcohol motifs (C(OH)–C–C–N with tert-alkyl or cyclic N) is 1. The number of likely N-dealkylation sites (tertiary alicyclic amines) is 1. The molecule has 2 atom stereocenters. The molecule has 0 aromatic rings. The Bertz CT molecular complexity index is 132. The fraction of sp³-hybridized carbons (Fsp3) is 1.00. The zero-order valence-corrected chi connectivity index (χ0v) is 7.54. The van der Waals surface area contributed by atoms with Gasteiger partial charge in [0.2, 0.25) is 0 Å². The largest absolute Gasteiger partial charge is 0.390 e. The van der Waals surface area contributed by atoms with Gasteiger partial charge in [0.1, 0.15) is 0 Å². The number of aliphatic hydroxyl groups excluding tert-OH is 1. The molecule has 1 heterocycles. The van der Waals surface area contributed by atoms with Crippen molar-refractivity contribution in [1.29, 1.82) is 0 Å². The molecular formula is C8H18N2O. The van der Waals surface area contributed by atoms with Gasteiger partial charge in [-0.2, -0.15) is 0 Å². The Kier molecular flexibility index (Phi) is 2.23. The molecular weight excluding hydrogens is 140 g/mol. The molecule has 0 aliphatic carbocycles. The lowest BCUT2D eigenvalue weighted by Crippen LogP contribution is -2.40. The standard InChI is InChI=1S/C8H18N2O/c1-8(2,3)10-4-6(9)7(11)5-10/h6-7,11H,4-5,9H2,1-3H3/t6-,7-/m0/s1. The maximum Gasteiger partial charge on any atom is 0.0830 e. The monoisotopic (exact) mass is 158 g/mol. The topological polar surface area (TPSA) is 49.5 Å². The van der Waals surface area contributed by atoms with Gasteiger partial charge >= 0.3 is 0 Å². The van der Waals surface area contributed by atoms with Gasteiger partial charge in [0.15, 0.2) is 0 Å². The molecule has 0 spiro atoms. The molecule has 1 rings (SSSR count). The zero-order valence-electron chi connectivity index (χ0n) is 7.54. The van der Waals surface area contributed by atoms with Gasteiger partial charge in [-0.3, -0.25) is 4.90 Å². The lowest BCUT2D eigenvalue weighted by atomic mass is 10.1. The molecule has 0 amide bonds. The van der Waals surface area contributed by atoms with E-state index in [1.165, 1.54) is 0 Å². The number of hydrogen-bond acceptors (Lipinski definition) is 3. The Morgan fingerprint density at radius 3 is 2.09 bits per heavy atom. The van der Waals surface area contributed by atoms with Crippen LogP contribution in [0.5, 0.6) is 0 Å². The summed E-state index contributed by atoms with van der Waals surface area (Å²) >= 11 is 0. The van der Waals surface area contributed by atoms with Crippen molar-refractivity contribution in [3.63, 3.8) is 0 Å². The molecule has 3 N–H and O–H groups in total. The normalized spacial score (nSPS) is 34.6. The van der Waals surface area contributed by atoms with Gasteiger partial charge in [-0.15, -0.1) is 0 Å². The van der Waals surface area contributed by atoms with Crippen molar-refractivity contribution < 1.29 is 5.11 Å². The Morgan fingerprint density at radius 2 is 1.91 bits per heavy atom. The summed E-state index contributed by atoms with van der Waals surface area (Å²) in [6, 6.07) is -0.0609. The summed E-state index contributed by atoms with van der Waals surface area (Å²) in [5.74, 6) is 0. The van der Waals surface area contributed by atoms with Gasteiger partial charge in [-0.1, -0.05) is 0 Å². The molecule has 3 heteroatoms. The van der Waals surface area contributed by atoms with Crippen molar-refractivity contribution in [1.82, 2.24) is 4.90 Å². The van der Waals surface area contributed by atoms with Crippen LogP contribution in [0, 0.1) is 0 Å². The summed E-state index contributed by atoms with van der Waals surface area (Å²) in [7, 11) is 0. The molecule has 1 aliphatic rings. The van der Waals surface area contributed by atoms with Crippen LogP contribution in [0.2, 0.25) is 0 Å². The lowest BCUT2D eigenvalue weighted by Gasteiger charge is -2.31. The lowest BCUT2D eigenvalue weighted by molar-refractivity contribution is 0.128. The minimum absolute atomic E-state index is 0.0609. The Balaban J connectivity index is 2.54. The van der Waals surface area contributed by atoms with E-state index in [0.29, 0.717) is 6.54 Å². The maximum absolute atomic E-state index is 9.36. The SMILES string of the molecule is CC(C)(C)N1C[C@H](N)[C@@H](O)C1. The number of nitrogens with zero attached hydrogens (tertiary/aromatic N) is 1. The fourth-order valence-corrected chi connectivity index (χ4v) is 1.36. The van der Waals surface area contributed by atoms with Gasteiger partial charge in [-0.05, 0) is 20.8 Å². The quantitative estimate of drug-likeness (QED) is 0.513. The van der Waals surface area contributed by atoms with Crippen LogP contribution in [0.3, 0.4) is 0 Å². The van der Waals surface area contributed by atoms with Gasteiger partial charge in [0, 0.05) is 24.7 Å². The highest BCUT2D eigenvalue weighted by Gasteiger charge is 2.34. The van der Waals surface area contributed by atoms with Gasteiger partial charge in [0.05, 0.1) is 6.10 Å². The first-order chi connectivity index (χ1) is 4.91. The van der Waals surface area contributed by atoms with Crippen LogP contribution in [0.1, 0.15) is 20.8 Å².